The van der Waals surface area contributed by atoms with Gasteiger partial charge in [0.05, 0.1) is 5.60 Å². The van der Waals surface area contributed by atoms with Crippen LogP contribution in [0.15, 0.2) is 11.6 Å². The highest BCUT2D eigenvalue weighted by Gasteiger charge is 2.69. The first-order valence-corrected chi connectivity index (χ1v) is 13.1. The van der Waals surface area contributed by atoms with Crippen LogP contribution in [0.25, 0.3) is 0 Å². The van der Waals surface area contributed by atoms with Gasteiger partial charge in [-0.25, -0.2) is 0 Å². The highest BCUT2D eigenvalue weighted by Crippen LogP contribution is 2.71. The number of rotatable bonds is 0. The molecule has 31 heavy (non-hydrogen) atoms. The predicted molar refractivity (Wildman–Crippen MR) is 120 cm³/mol. The molecule has 170 valence electrons. The molecule has 1 saturated heterocycles. The zero-order chi connectivity index (χ0) is 21.8. The topological polar surface area (TPSA) is 43.4 Å². The van der Waals surface area contributed by atoms with Crippen molar-refractivity contribution in [2.24, 2.45) is 52.3 Å². The van der Waals surface area contributed by atoms with Crippen molar-refractivity contribution in [1.82, 2.24) is 0 Å². The van der Waals surface area contributed by atoms with E-state index in [0.29, 0.717) is 59.4 Å². The molecule has 5 aliphatic carbocycles. The van der Waals surface area contributed by atoms with E-state index in [1.54, 1.807) is 0 Å². The van der Waals surface area contributed by atoms with E-state index >= 15 is 0 Å². The number of fused-ring (bicyclic) bond motifs is 7. The Morgan fingerprint density at radius 2 is 1.87 bits per heavy atom. The van der Waals surface area contributed by atoms with Crippen LogP contribution in [0.3, 0.4) is 0 Å². The van der Waals surface area contributed by atoms with Gasteiger partial charge < -0.3 is 4.74 Å². The minimum atomic E-state index is -0.220. The van der Waals surface area contributed by atoms with Crippen molar-refractivity contribution in [3.63, 3.8) is 0 Å². The molecule has 0 amide bonds. The SMILES string of the molecule is C[C@@H]1CC[C@]2(C[C@H]3C[C@H]4[C@@H]5CC[C@H]6CC(=O)CC[C@]6(C)C5=CC(=O)[C@]4(C)[C@H]3[C@@H]2C)OC1. The Hall–Kier alpha value is -0.960. The molecule has 5 fully saturated rings. The number of hydrogen-bond acceptors (Lipinski definition) is 3. The number of ketones is 2. The highest BCUT2D eigenvalue weighted by molar-refractivity contribution is 5.97. The van der Waals surface area contributed by atoms with E-state index in [2.05, 4.69) is 33.8 Å². The van der Waals surface area contributed by atoms with Crippen LogP contribution in [-0.2, 0) is 14.3 Å². The van der Waals surface area contributed by atoms with Crippen molar-refractivity contribution in [1.29, 1.82) is 0 Å². The molecule has 3 heteroatoms. The summed E-state index contributed by atoms with van der Waals surface area (Å²) in [6, 6.07) is 0. The van der Waals surface area contributed by atoms with Gasteiger partial charge in [-0.3, -0.25) is 9.59 Å². The van der Waals surface area contributed by atoms with Gasteiger partial charge in [0, 0.05) is 24.9 Å². The number of hydrogen-bond donors (Lipinski definition) is 0. The van der Waals surface area contributed by atoms with Crippen molar-refractivity contribution in [3.8, 4) is 0 Å². The van der Waals surface area contributed by atoms with Crippen molar-refractivity contribution >= 4 is 11.6 Å². The molecule has 0 aromatic heterocycles. The maximum absolute atomic E-state index is 14.0. The van der Waals surface area contributed by atoms with Gasteiger partial charge in [0.2, 0.25) is 0 Å². The molecule has 1 aliphatic heterocycles. The minimum absolute atomic E-state index is 0.0213. The van der Waals surface area contributed by atoms with Crippen LogP contribution in [0.5, 0.6) is 0 Å². The second-order valence-corrected chi connectivity index (χ2v) is 12.9. The number of carbonyl (C=O) groups excluding carboxylic acids is 2. The van der Waals surface area contributed by atoms with Gasteiger partial charge in [-0.05, 0) is 97.9 Å². The van der Waals surface area contributed by atoms with Gasteiger partial charge in [-0.2, -0.15) is 0 Å². The van der Waals surface area contributed by atoms with E-state index in [1.807, 2.05) is 0 Å². The summed E-state index contributed by atoms with van der Waals surface area (Å²) in [7, 11) is 0. The Labute approximate surface area is 187 Å². The zero-order valence-electron chi connectivity index (χ0n) is 19.9. The van der Waals surface area contributed by atoms with E-state index in [4.69, 9.17) is 4.74 Å². The third kappa shape index (κ3) is 2.56. The summed E-state index contributed by atoms with van der Waals surface area (Å²) in [6.45, 7) is 10.3. The fourth-order valence-corrected chi connectivity index (χ4v) is 9.91. The number of carbonyl (C=O) groups is 2. The summed E-state index contributed by atoms with van der Waals surface area (Å²) in [5.41, 5.74) is 1.31. The molecule has 0 aromatic rings. The van der Waals surface area contributed by atoms with E-state index in [0.717, 1.165) is 19.4 Å². The van der Waals surface area contributed by atoms with Crippen LogP contribution >= 0.6 is 0 Å². The molecular weight excluding hydrogens is 384 g/mol. The smallest absolute Gasteiger partial charge is 0.162 e. The molecule has 0 aromatic carbocycles. The normalized spacial score (nSPS) is 56.0. The van der Waals surface area contributed by atoms with E-state index in [-0.39, 0.29) is 16.4 Å². The Kier molecular flexibility index (Phi) is 4.36. The molecular formula is C28H40O3. The zero-order valence-corrected chi connectivity index (χ0v) is 19.9. The Morgan fingerprint density at radius 3 is 2.61 bits per heavy atom. The van der Waals surface area contributed by atoms with Crippen molar-refractivity contribution in [3.05, 3.63) is 11.6 Å². The second-order valence-electron chi connectivity index (χ2n) is 12.9. The lowest BCUT2D eigenvalue weighted by Gasteiger charge is -2.56. The largest absolute Gasteiger partial charge is 0.374 e. The monoisotopic (exact) mass is 424 g/mol. The molecule has 0 bridgehead atoms. The molecule has 4 saturated carbocycles. The molecule has 3 nitrogen and oxygen atoms in total. The van der Waals surface area contributed by atoms with Gasteiger partial charge in [0.1, 0.15) is 5.78 Å². The fourth-order valence-electron chi connectivity index (χ4n) is 9.91. The third-order valence-electron chi connectivity index (χ3n) is 11.7. The predicted octanol–water partition coefficient (Wildman–Crippen LogP) is 5.76. The molecule has 0 unspecified atom stereocenters. The molecule has 6 aliphatic rings. The first-order chi connectivity index (χ1) is 14.7. The Bertz CT molecular complexity index is 848. The fraction of sp³-hybridized carbons (Fsp3) is 0.857. The van der Waals surface area contributed by atoms with Crippen molar-refractivity contribution in [2.45, 2.75) is 91.1 Å². The number of allylic oxidation sites excluding steroid dienone is 2. The number of Topliss-reactive ketones (excluding diaryl/α,β-unsaturated/α-hetero) is 1. The van der Waals surface area contributed by atoms with E-state index in [1.165, 1.54) is 44.1 Å². The van der Waals surface area contributed by atoms with Crippen LogP contribution in [0.1, 0.15) is 85.5 Å². The van der Waals surface area contributed by atoms with Crippen LogP contribution in [0.4, 0.5) is 0 Å². The van der Waals surface area contributed by atoms with Gasteiger partial charge in [0.15, 0.2) is 5.78 Å². The van der Waals surface area contributed by atoms with E-state index < -0.39 is 0 Å². The number of ether oxygens (including phenoxy) is 1. The summed E-state index contributed by atoms with van der Waals surface area (Å²) in [4.78, 5) is 26.1. The van der Waals surface area contributed by atoms with Gasteiger partial charge in [-0.1, -0.05) is 33.3 Å². The molecule has 10 atom stereocenters. The maximum atomic E-state index is 14.0. The summed E-state index contributed by atoms with van der Waals surface area (Å²) >= 11 is 0. The molecule has 1 heterocycles. The maximum Gasteiger partial charge on any atom is 0.162 e. The summed E-state index contributed by atoms with van der Waals surface area (Å²) in [5, 5.41) is 0. The van der Waals surface area contributed by atoms with Gasteiger partial charge in [-0.15, -0.1) is 0 Å². The van der Waals surface area contributed by atoms with Crippen molar-refractivity contribution < 1.29 is 14.3 Å². The third-order valence-corrected chi connectivity index (χ3v) is 11.7. The summed E-state index contributed by atoms with van der Waals surface area (Å²) in [6.07, 6.45) is 11.7. The highest BCUT2D eigenvalue weighted by atomic mass is 16.5. The summed E-state index contributed by atoms with van der Waals surface area (Å²) in [5.74, 6) is 4.58. The van der Waals surface area contributed by atoms with Crippen LogP contribution in [0.2, 0.25) is 0 Å². The lowest BCUT2D eigenvalue weighted by molar-refractivity contribution is -0.144. The van der Waals surface area contributed by atoms with Gasteiger partial charge in [0.25, 0.3) is 0 Å². The average molecular weight is 425 g/mol. The molecule has 0 N–H and O–H groups in total. The molecule has 6 rings (SSSR count). The van der Waals surface area contributed by atoms with Crippen LogP contribution in [-0.4, -0.2) is 23.8 Å². The van der Waals surface area contributed by atoms with Gasteiger partial charge >= 0.3 is 0 Å². The Balaban J connectivity index is 1.35. The minimum Gasteiger partial charge on any atom is -0.374 e. The standard InChI is InChI=1S/C28H40O3/c1-16-7-10-28(31-15-16)14-18-11-23-21-6-5-19-12-20(29)8-9-26(19,3)22(21)13-24(30)27(23,4)25(18)17(28)2/h13,16-19,21,23,25H,5-12,14-15H2,1-4H3/t16-,17+,18-,19+,21-,23+,25+,26+,27-,28-/m1/s1. The second kappa shape index (κ2) is 6.55. The molecule has 0 radical (unpaired) electrons. The summed E-state index contributed by atoms with van der Waals surface area (Å²) < 4.78 is 6.59. The van der Waals surface area contributed by atoms with Crippen LogP contribution < -0.4 is 0 Å². The van der Waals surface area contributed by atoms with Crippen molar-refractivity contribution in [2.75, 3.05) is 6.61 Å². The quantitative estimate of drug-likeness (QED) is 0.496. The first-order valence-electron chi connectivity index (χ1n) is 13.1. The first kappa shape index (κ1) is 20.6. The van der Waals surface area contributed by atoms with Crippen LogP contribution in [0, 0.1) is 52.3 Å². The molecule has 1 spiro atoms. The lowest BCUT2D eigenvalue weighted by atomic mass is 9.48. The Morgan fingerprint density at radius 1 is 1.06 bits per heavy atom. The average Bonchev–Trinajstić information content (AvgIpc) is 3.18. The lowest BCUT2D eigenvalue weighted by Crippen LogP contribution is -2.53. The van der Waals surface area contributed by atoms with E-state index in [9.17, 15) is 9.59 Å².